The minimum Gasteiger partial charge on any atom is -0.497 e. The second-order valence-corrected chi connectivity index (χ2v) is 9.23. The van der Waals surface area contributed by atoms with Crippen molar-refractivity contribution in [3.05, 3.63) is 89.5 Å². The molecule has 0 unspecified atom stereocenters. The van der Waals surface area contributed by atoms with E-state index < -0.39 is 27.8 Å². The topological polar surface area (TPSA) is 66.9 Å². The third-order valence-electron chi connectivity index (χ3n) is 5.25. The molecular weight excluding hydrogens is 457 g/mol. The van der Waals surface area contributed by atoms with Gasteiger partial charge in [0.05, 0.1) is 31.5 Å². The minimum absolute atomic E-state index is 0.0925. The number of carbonyl (C=O) groups excluding carboxylic acids is 1. The molecule has 0 aromatic heterocycles. The van der Waals surface area contributed by atoms with Crippen molar-refractivity contribution in [1.29, 1.82) is 0 Å². The van der Waals surface area contributed by atoms with Crippen LogP contribution in [0.5, 0.6) is 5.75 Å². The summed E-state index contributed by atoms with van der Waals surface area (Å²) in [6, 6.07) is 16.3. The third kappa shape index (κ3) is 4.38. The summed E-state index contributed by atoms with van der Waals surface area (Å²) in [5.74, 6) is 0.572. The van der Waals surface area contributed by atoms with Gasteiger partial charge in [0.1, 0.15) is 10.6 Å². The van der Waals surface area contributed by atoms with Gasteiger partial charge >= 0.3 is 12.2 Å². The van der Waals surface area contributed by atoms with Gasteiger partial charge in [-0.2, -0.15) is 13.2 Å². The first-order chi connectivity index (χ1) is 15.6. The molecule has 1 aliphatic rings. The second kappa shape index (κ2) is 8.43. The zero-order valence-corrected chi connectivity index (χ0v) is 18.2. The molecular formula is C23H19F3N2O4S. The number of carbonyl (C=O) groups is 1. The number of anilines is 1. The highest BCUT2D eigenvalue weighted by atomic mass is 32.2. The van der Waals surface area contributed by atoms with Gasteiger partial charge in [-0.3, -0.25) is 4.90 Å². The van der Waals surface area contributed by atoms with Crippen LogP contribution in [0, 0.1) is 0 Å². The monoisotopic (exact) mass is 476 g/mol. The minimum atomic E-state index is -4.54. The molecule has 0 fully saturated rings. The van der Waals surface area contributed by atoms with E-state index in [0.29, 0.717) is 11.3 Å². The largest absolute Gasteiger partial charge is 0.497 e. The Morgan fingerprint density at radius 2 is 1.58 bits per heavy atom. The number of hydrogen-bond acceptors (Lipinski definition) is 4. The van der Waals surface area contributed by atoms with Crippen LogP contribution in [-0.2, 0) is 29.3 Å². The predicted molar refractivity (Wildman–Crippen MR) is 115 cm³/mol. The zero-order valence-electron chi connectivity index (χ0n) is 17.4. The maximum absolute atomic E-state index is 13.3. The van der Waals surface area contributed by atoms with E-state index in [4.69, 9.17) is 4.74 Å². The Morgan fingerprint density at radius 1 is 0.879 bits per heavy atom. The molecule has 0 N–H and O–H groups in total. The average molecular weight is 476 g/mol. The molecule has 0 spiro atoms. The number of halogens is 3. The molecule has 4 rings (SSSR count). The summed E-state index contributed by atoms with van der Waals surface area (Å²) in [6.45, 7) is -0.465. The highest BCUT2D eigenvalue weighted by Crippen LogP contribution is 2.37. The molecule has 2 amide bonds. The van der Waals surface area contributed by atoms with Crippen LogP contribution in [0.1, 0.15) is 16.7 Å². The van der Waals surface area contributed by atoms with Crippen molar-refractivity contribution in [2.45, 2.75) is 24.2 Å². The van der Waals surface area contributed by atoms with E-state index in [0.717, 1.165) is 16.4 Å². The maximum atomic E-state index is 13.3. The number of ether oxygens (including phenoxy) is 1. The molecule has 0 radical (unpaired) electrons. The van der Waals surface area contributed by atoms with Crippen LogP contribution in [-0.4, -0.2) is 25.9 Å². The van der Waals surface area contributed by atoms with E-state index >= 15 is 0 Å². The van der Waals surface area contributed by atoms with Crippen molar-refractivity contribution >= 4 is 21.7 Å². The van der Waals surface area contributed by atoms with Crippen molar-refractivity contribution in [3.63, 3.8) is 0 Å². The number of sulfonamides is 1. The fourth-order valence-electron chi connectivity index (χ4n) is 3.59. The summed E-state index contributed by atoms with van der Waals surface area (Å²) >= 11 is 0. The van der Waals surface area contributed by atoms with E-state index in [1.54, 1.807) is 30.3 Å². The Labute approximate surface area is 188 Å². The molecule has 0 saturated carbocycles. The van der Waals surface area contributed by atoms with Crippen LogP contribution in [0.25, 0.3) is 0 Å². The summed E-state index contributed by atoms with van der Waals surface area (Å²) in [6.07, 6.45) is -4.54. The number of benzene rings is 3. The Balaban J connectivity index is 1.73. The number of urea groups is 1. The normalized spacial score (nSPS) is 15.3. The molecule has 0 bridgehead atoms. The molecule has 0 atom stereocenters. The first-order valence-corrected chi connectivity index (χ1v) is 11.3. The predicted octanol–water partition coefficient (Wildman–Crippen LogP) is 5.05. The lowest BCUT2D eigenvalue weighted by molar-refractivity contribution is -0.137. The molecule has 0 aliphatic carbocycles. The maximum Gasteiger partial charge on any atom is 0.416 e. The Kier molecular flexibility index (Phi) is 5.79. The van der Waals surface area contributed by atoms with Gasteiger partial charge in [0.15, 0.2) is 0 Å². The second-order valence-electron chi connectivity index (χ2n) is 7.39. The Bertz CT molecular complexity index is 1290. The van der Waals surface area contributed by atoms with Gasteiger partial charge in [0.2, 0.25) is 0 Å². The molecule has 0 saturated heterocycles. The average Bonchev–Trinajstić information content (AvgIpc) is 2.80. The lowest BCUT2D eigenvalue weighted by Crippen LogP contribution is -2.49. The van der Waals surface area contributed by atoms with E-state index in [9.17, 15) is 26.4 Å². The van der Waals surface area contributed by atoms with Gasteiger partial charge in [-0.1, -0.05) is 36.4 Å². The quantitative estimate of drug-likeness (QED) is 0.517. The molecule has 10 heteroatoms. The van der Waals surface area contributed by atoms with E-state index in [-0.39, 0.29) is 29.2 Å². The van der Waals surface area contributed by atoms with Gasteiger partial charge in [-0.15, -0.1) is 0 Å². The molecule has 6 nitrogen and oxygen atoms in total. The first-order valence-electron chi connectivity index (χ1n) is 9.83. The standard InChI is InChI=1S/C23H19F3N2O4S/c1-32-19-11-9-16(10-12-19)15-28-22(29)27(20-7-2-3-8-21(20)33(28,30)31)14-17-5-4-6-18(13-17)23(24,25)26/h2-13H,14-15H2,1H3. The van der Waals surface area contributed by atoms with Crippen LogP contribution in [0.4, 0.5) is 23.7 Å². The van der Waals surface area contributed by atoms with Crippen LogP contribution in [0.3, 0.4) is 0 Å². The molecule has 172 valence electrons. The molecule has 33 heavy (non-hydrogen) atoms. The van der Waals surface area contributed by atoms with Gasteiger partial charge in [-0.05, 0) is 47.5 Å². The van der Waals surface area contributed by atoms with Gasteiger partial charge in [0.25, 0.3) is 10.0 Å². The number of nitrogens with zero attached hydrogens (tertiary/aromatic N) is 2. The van der Waals surface area contributed by atoms with Crippen molar-refractivity contribution in [3.8, 4) is 5.75 Å². The van der Waals surface area contributed by atoms with Crippen molar-refractivity contribution in [1.82, 2.24) is 4.31 Å². The van der Waals surface area contributed by atoms with Crippen molar-refractivity contribution in [2.75, 3.05) is 12.0 Å². The lowest BCUT2D eigenvalue weighted by atomic mass is 10.1. The lowest BCUT2D eigenvalue weighted by Gasteiger charge is -2.36. The number of alkyl halides is 3. The fourth-order valence-corrected chi connectivity index (χ4v) is 5.14. The van der Waals surface area contributed by atoms with Crippen molar-refractivity contribution in [2.24, 2.45) is 0 Å². The van der Waals surface area contributed by atoms with Gasteiger partial charge in [-0.25, -0.2) is 17.5 Å². The smallest absolute Gasteiger partial charge is 0.416 e. The summed E-state index contributed by atoms with van der Waals surface area (Å²) in [5, 5.41) is 0. The van der Waals surface area contributed by atoms with E-state index in [1.807, 2.05) is 0 Å². The van der Waals surface area contributed by atoms with Crippen LogP contribution in [0.15, 0.2) is 77.7 Å². The third-order valence-corrected chi connectivity index (χ3v) is 7.02. The zero-order chi connectivity index (χ0) is 23.8. The number of amides is 2. The van der Waals surface area contributed by atoms with Gasteiger partial charge < -0.3 is 4.74 Å². The molecule has 1 aliphatic heterocycles. The summed E-state index contributed by atoms with van der Waals surface area (Å²) in [7, 11) is -2.68. The number of hydrogen-bond donors (Lipinski definition) is 0. The van der Waals surface area contributed by atoms with Crippen molar-refractivity contribution < 1.29 is 31.1 Å². The highest BCUT2D eigenvalue weighted by Gasteiger charge is 2.41. The summed E-state index contributed by atoms with van der Waals surface area (Å²) < 4.78 is 71.7. The van der Waals surface area contributed by atoms with Crippen LogP contribution >= 0.6 is 0 Å². The van der Waals surface area contributed by atoms with E-state index in [1.165, 1.54) is 42.3 Å². The summed E-state index contributed by atoms with van der Waals surface area (Å²) in [5.41, 5.74) is 0.0362. The van der Waals surface area contributed by atoms with E-state index in [2.05, 4.69) is 0 Å². The first kappa shape index (κ1) is 22.7. The molecule has 1 heterocycles. The molecule has 3 aromatic rings. The van der Waals surface area contributed by atoms with Crippen LogP contribution in [0.2, 0.25) is 0 Å². The number of fused-ring (bicyclic) bond motifs is 1. The number of rotatable bonds is 5. The SMILES string of the molecule is COc1ccc(CN2C(=O)N(Cc3cccc(C(F)(F)F)c3)c3ccccc3S2(=O)=O)cc1. The molecule has 3 aromatic carbocycles. The number of para-hydroxylation sites is 1. The number of methoxy groups -OCH3 is 1. The Morgan fingerprint density at radius 3 is 2.24 bits per heavy atom. The summed E-state index contributed by atoms with van der Waals surface area (Å²) in [4.78, 5) is 14.4. The Hall–Kier alpha value is -3.53. The fraction of sp³-hybridized carbons (Fsp3) is 0.174. The van der Waals surface area contributed by atoms with Crippen LogP contribution < -0.4 is 9.64 Å². The van der Waals surface area contributed by atoms with Gasteiger partial charge in [0, 0.05) is 0 Å². The highest BCUT2D eigenvalue weighted by molar-refractivity contribution is 7.90.